The summed E-state index contributed by atoms with van der Waals surface area (Å²) in [6.45, 7) is 2.20. The van der Waals surface area contributed by atoms with Crippen molar-refractivity contribution in [3.63, 3.8) is 0 Å². The summed E-state index contributed by atoms with van der Waals surface area (Å²) in [5, 5.41) is 10.1. The van der Waals surface area contributed by atoms with Crippen LogP contribution in [0.25, 0.3) is 10.9 Å². The smallest absolute Gasteiger partial charge is 0.261 e. The van der Waals surface area contributed by atoms with Crippen LogP contribution in [0, 0.1) is 6.92 Å². The van der Waals surface area contributed by atoms with Gasteiger partial charge >= 0.3 is 0 Å². The Balaban J connectivity index is 2.15. The molecule has 3 aromatic rings. The van der Waals surface area contributed by atoms with Crippen molar-refractivity contribution in [2.75, 3.05) is 0 Å². The van der Waals surface area contributed by atoms with Crippen LogP contribution in [0.4, 0.5) is 0 Å². The predicted octanol–water partition coefficient (Wildman–Crippen LogP) is 3.22. The van der Waals surface area contributed by atoms with Gasteiger partial charge in [-0.3, -0.25) is 9.36 Å². The van der Waals surface area contributed by atoms with Gasteiger partial charge < -0.3 is 5.11 Å². The van der Waals surface area contributed by atoms with Gasteiger partial charge in [0.1, 0.15) is 11.6 Å². The van der Waals surface area contributed by atoms with E-state index in [0.717, 1.165) is 10.0 Å². The molecule has 0 saturated carbocycles. The third kappa shape index (κ3) is 2.69. The summed E-state index contributed by atoms with van der Waals surface area (Å²) in [7, 11) is 0. The molecule has 0 bridgehead atoms. The van der Waals surface area contributed by atoms with E-state index in [0.29, 0.717) is 23.3 Å². The van der Waals surface area contributed by atoms with Crippen LogP contribution in [0.5, 0.6) is 5.75 Å². The highest BCUT2D eigenvalue weighted by molar-refractivity contribution is 9.10. The molecule has 1 N–H and O–H groups in total. The Hall–Kier alpha value is -2.14. The Labute approximate surface area is 129 Å². The number of hydrogen-bond donors (Lipinski definition) is 1. The number of aromatic hydroxyl groups is 1. The highest BCUT2D eigenvalue weighted by Gasteiger charge is 2.09. The number of aryl methyl sites for hydroxylation is 1. The minimum Gasteiger partial charge on any atom is -0.508 e. The molecule has 5 heteroatoms. The highest BCUT2D eigenvalue weighted by atomic mass is 79.9. The fourth-order valence-electron chi connectivity index (χ4n) is 2.33. The van der Waals surface area contributed by atoms with E-state index < -0.39 is 0 Å². The molecule has 0 amide bonds. The molecule has 0 fully saturated rings. The normalized spacial score (nSPS) is 11.0. The summed E-state index contributed by atoms with van der Waals surface area (Å²) < 4.78 is 2.51. The molecule has 21 heavy (non-hydrogen) atoms. The predicted molar refractivity (Wildman–Crippen MR) is 85.6 cm³/mol. The van der Waals surface area contributed by atoms with Gasteiger partial charge in [-0.15, -0.1) is 0 Å². The van der Waals surface area contributed by atoms with Crippen molar-refractivity contribution < 1.29 is 5.11 Å². The van der Waals surface area contributed by atoms with E-state index in [2.05, 4.69) is 20.9 Å². The third-order valence-electron chi connectivity index (χ3n) is 3.36. The molecule has 0 atom stereocenters. The van der Waals surface area contributed by atoms with E-state index in [9.17, 15) is 9.90 Å². The number of aromatic nitrogens is 2. The van der Waals surface area contributed by atoms with E-state index in [1.54, 1.807) is 28.8 Å². The quantitative estimate of drug-likeness (QED) is 0.776. The number of rotatable bonds is 2. The molecule has 1 heterocycles. The fraction of sp³-hybridized carbons (Fsp3) is 0.125. The SMILES string of the molecule is Cc1nc2cc(Br)ccc2c(=O)n1Cc1cccc(O)c1. The zero-order valence-corrected chi connectivity index (χ0v) is 13.0. The van der Waals surface area contributed by atoms with Gasteiger partial charge in [0.25, 0.3) is 5.56 Å². The first-order chi connectivity index (χ1) is 10.0. The van der Waals surface area contributed by atoms with Gasteiger partial charge in [0, 0.05) is 4.47 Å². The van der Waals surface area contributed by atoms with Gasteiger partial charge in [-0.25, -0.2) is 4.98 Å². The van der Waals surface area contributed by atoms with Crippen molar-refractivity contribution in [1.29, 1.82) is 0 Å². The molecule has 1 aromatic heterocycles. The molecule has 0 unspecified atom stereocenters. The second kappa shape index (κ2) is 5.33. The maximum absolute atomic E-state index is 12.6. The molecular formula is C16H13BrN2O2. The van der Waals surface area contributed by atoms with Crippen molar-refractivity contribution in [2.24, 2.45) is 0 Å². The lowest BCUT2D eigenvalue weighted by Gasteiger charge is -2.11. The Morgan fingerprint density at radius 2 is 2.05 bits per heavy atom. The molecule has 106 valence electrons. The van der Waals surface area contributed by atoms with Crippen LogP contribution < -0.4 is 5.56 Å². The van der Waals surface area contributed by atoms with Gasteiger partial charge in [0.05, 0.1) is 17.4 Å². The second-order valence-electron chi connectivity index (χ2n) is 4.88. The fourth-order valence-corrected chi connectivity index (χ4v) is 2.68. The zero-order chi connectivity index (χ0) is 15.0. The van der Waals surface area contributed by atoms with Gasteiger partial charge in [0.2, 0.25) is 0 Å². The number of halogens is 1. The summed E-state index contributed by atoms with van der Waals surface area (Å²) in [4.78, 5) is 17.1. The Morgan fingerprint density at radius 1 is 1.24 bits per heavy atom. The first-order valence-electron chi connectivity index (χ1n) is 6.49. The van der Waals surface area contributed by atoms with Crippen LogP contribution in [-0.2, 0) is 6.54 Å². The van der Waals surface area contributed by atoms with Crippen LogP contribution >= 0.6 is 15.9 Å². The molecular weight excluding hydrogens is 332 g/mol. The first kappa shape index (κ1) is 13.8. The molecule has 0 aliphatic carbocycles. The lowest BCUT2D eigenvalue weighted by molar-refractivity contribution is 0.474. The molecule has 0 aliphatic heterocycles. The summed E-state index contributed by atoms with van der Waals surface area (Å²) in [5.41, 5.74) is 1.46. The monoisotopic (exact) mass is 344 g/mol. The Bertz CT molecular complexity index is 887. The van der Waals surface area contributed by atoms with E-state index >= 15 is 0 Å². The third-order valence-corrected chi connectivity index (χ3v) is 3.85. The highest BCUT2D eigenvalue weighted by Crippen LogP contribution is 2.17. The van der Waals surface area contributed by atoms with E-state index in [-0.39, 0.29) is 11.3 Å². The van der Waals surface area contributed by atoms with Crippen molar-refractivity contribution in [3.8, 4) is 5.75 Å². The molecule has 4 nitrogen and oxygen atoms in total. The Kier molecular flexibility index (Phi) is 3.51. The average molecular weight is 345 g/mol. The first-order valence-corrected chi connectivity index (χ1v) is 7.28. The van der Waals surface area contributed by atoms with E-state index in [1.165, 1.54) is 0 Å². The summed E-state index contributed by atoms with van der Waals surface area (Å²) in [6, 6.07) is 12.3. The van der Waals surface area contributed by atoms with E-state index in [1.807, 2.05) is 25.1 Å². The van der Waals surface area contributed by atoms with Crippen LogP contribution in [0.15, 0.2) is 51.7 Å². The van der Waals surface area contributed by atoms with Gasteiger partial charge in [0.15, 0.2) is 0 Å². The number of fused-ring (bicyclic) bond motifs is 1. The molecule has 3 rings (SSSR count). The molecule has 0 radical (unpaired) electrons. The van der Waals surface area contributed by atoms with Crippen LogP contribution in [0.1, 0.15) is 11.4 Å². The molecule has 2 aromatic carbocycles. The number of phenolic OH excluding ortho intramolecular Hbond substituents is 1. The largest absolute Gasteiger partial charge is 0.508 e. The van der Waals surface area contributed by atoms with Crippen molar-refractivity contribution in [3.05, 3.63) is 68.7 Å². The molecule has 0 aliphatic rings. The van der Waals surface area contributed by atoms with Crippen molar-refractivity contribution in [1.82, 2.24) is 9.55 Å². The Morgan fingerprint density at radius 3 is 2.81 bits per heavy atom. The summed E-state index contributed by atoms with van der Waals surface area (Å²) in [6.07, 6.45) is 0. The topological polar surface area (TPSA) is 55.1 Å². The van der Waals surface area contributed by atoms with Crippen LogP contribution in [0.2, 0.25) is 0 Å². The standard InChI is InChI=1S/C16H13BrN2O2/c1-10-18-15-8-12(17)5-6-14(15)16(21)19(10)9-11-3-2-4-13(20)7-11/h2-8,20H,9H2,1H3. The van der Waals surface area contributed by atoms with Crippen LogP contribution in [-0.4, -0.2) is 14.7 Å². The maximum atomic E-state index is 12.6. The van der Waals surface area contributed by atoms with Crippen LogP contribution in [0.3, 0.4) is 0 Å². The lowest BCUT2D eigenvalue weighted by Crippen LogP contribution is -2.24. The molecule has 0 spiro atoms. The minimum absolute atomic E-state index is 0.0756. The van der Waals surface area contributed by atoms with Crippen molar-refractivity contribution >= 4 is 26.8 Å². The van der Waals surface area contributed by atoms with Gasteiger partial charge in [-0.2, -0.15) is 0 Å². The second-order valence-corrected chi connectivity index (χ2v) is 5.80. The summed E-state index contributed by atoms with van der Waals surface area (Å²) >= 11 is 3.39. The number of benzene rings is 2. The zero-order valence-electron chi connectivity index (χ0n) is 11.4. The lowest BCUT2D eigenvalue weighted by atomic mass is 10.2. The molecule has 0 saturated heterocycles. The number of hydrogen-bond acceptors (Lipinski definition) is 3. The van der Waals surface area contributed by atoms with Gasteiger partial charge in [-0.1, -0.05) is 28.1 Å². The average Bonchev–Trinajstić information content (AvgIpc) is 2.43. The number of nitrogens with zero attached hydrogens (tertiary/aromatic N) is 2. The number of phenols is 1. The maximum Gasteiger partial charge on any atom is 0.261 e. The summed E-state index contributed by atoms with van der Waals surface area (Å²) in [5.74, 6) is 0.838. The van der Waals surface area contributed by atoms with Gasteiger partial charge in [-0.05, 0) is 42.8 Å². The minimum atomic E-state index is -0.0756. The van der Waals surface area contributed by atoms with E-state index in [4.69, 9.17) is 0 Å². The van der Waals surface area contributed by atoms with Crippen molar-refractivity contribution in [2.45, 2.75) is 13.5 Å².